The topological polar surface area (TPSA) is 115 Å². The van der Waals surface area contributed by atoms with Crippen LogP contribution < -0.4 is 22.1 Å². The average molecular weight is 357 g/mol. The Hall–Kier alpha value is -0.280. The van der Waals surface area contributed by atoms with E-state index < -0.39 is 6.10 Å². The van der Waals surface area contributed by atoms with E-state index in [1.807, 2.05) is 7.05 Å². The van der Waals surface area contributed by atoms with Crippen LogP contribution in [0.1, 0.15) is 44.9 Å². The maximum atomic E-state index is 10.4. The maximum absolute atomic E-state index is 10.4. The standard InChI is InChI=1S/C18H36N4O3/c1-21-13-7-15(20)18(16(23)8-13)25-17-4-2-3-14(24-17)10-22-9-11-5-12(19)6-11/h11-18,21-23H,2-10,19-20H2,1H3/t11?,12?,13?,14?,15?,16?,17-,18-/m1/s1. The van der Waals surface area contributed by atoms with Gasteiger partial charge in [0.2, 0.25) is 0 Å². The van der Waals surface area contributed by atoms with Gasteiger partial charge in [-0.15, -0.1) is 0 Å². The van der Waals surface area contributed by atoms with E-state index in [0.717, 1.165) is 57.5 Å². The summed E-state index contributed by atoms with van der Waals surface area (Å²) in [4.78, 5) is 0. The van der Waals surface area contributed by atoms with E-state index in [1.165, 1.54) is 0 Å². The summed E-state index contributed by atoms with van der Waals surface area (Å²) in [6.07, 6.45) is 5.83. The Morgan fingerprint density at radius 2 is 1.92 bits per heavy atom. The van der Waals surface area contributed by atoms with Crippen molar-refractivity contribution in [2.45, 2.75) is 87.7 Å². The Morgan fingerprint density at radius 1 is 1.12 bits per heavy atom. The Balaban J connectivity index is 1.39. The van der Waals surface area contributed by atoms with E-state index >= 15 is 0 Å². The molecule has 1 heterocycles. The van der Waals surface area contributed by atoms with Gasteiger partial charge in [-0.1, -0.05) is 0 Å². The molecule has 1 aliphatic heterocycles. The van der Waals surface area contributed by atoms with Crippen molar-refractivity contribution in [3.05, 3.63) is 0 Å². The highest BCUT2D eigenvalue weighted by Gasteiger charge is 2.38. The molecule has 3 aliphatic rings. The lowest BCUT2D eigenvalue weighted by molar-refractivity contribution is -0.237. The van der Waals surface area contributed by atoms with Crippen LogP contribution in [0.4, 0.5) is 0 Å². The van der Waals surface area contributed by atoms with E-state index in [4.69, 9.17) is 20.9 Å². The molecule has 3 rings (SSSR count). The largest absolute Gasteiger partial charge is 0.390 e. The molecule has 146 valence electrons. The zero-order chi connectivity index (χ0) is 17.8. The summed E-state index contributed by atoms with van der Waals surface area (Å²) in [6.45, 7) is 1.88. The molecule has 0 spiro atoms. The first-order valence-electron chi connectivity index (χ1n) is 9.93. The number of nitrogens with one attached hydrogen (secondary N) is 2. The summed E-state index contributed by atoms with van der Waals surface area (Å²) in [5.74, 6) is 0.723. The highest BCUT2D eigenvalue weighted by Crippen LogP contribution is 2.27. The summed E-state index contributed by atoms with van der Waals surface area (Å²) in [7, 11) is 1.91. The van der Waals surface area contributed by atoms with E-state index in [1.54, 1.807) is 0 Å². The molecule has 7 nitrogen and oxygen atoms in total. The number of ether oxygens (including phenoxy) is 2. The molecule has 0 radical (unpaired) electrons. The highest BCUT2D eigenvalue weighted by molar-refractivity contribution is 4.92. The van der Waals surface area contributed by atoms with Crippen molar-refractivity contribution in [1.82, 2.24) is 10.6 Å². The van der Waals surface area contributed by atoms with Gasteiger partial charge in [-0.2, -0.15) is 0 Å². The Morgan fingerprint density at radius 3 is 2.60 bits per heavy atom. The minimum Gasteiger partial charge on any atom is -0.390 e. The van der Waals surface area contributed by atoms with Crippen molar-refractivity contribution in [3.63, 3.8) is 0 Å². The second-order valence-electron chi connectivity index (χ2n) is 8.16. The molecule has 0 aromatic carbocycles. The molecule has 7 heteroatoms. The molecule has 7 N–H and O–H groups in total. The van der Waals surface area contributed by atoms with Gasteiger partial charge in [0.25, 0.3) is 0 Å². The summed E-state index contributed by atoms with van der Waals surface area (Å²) < 4.78 is 12.2. The first-order chi connectivity index (χ1) is 12.0. The third-order valence-corrected chi connectivity index (χ3v) is 5.99. The molecular formula is C18H36N4O3. The van der Waals surface area contributed by atoms with Crippen LogP contribution in [-0.4, -0.2) is 68.0 Å². The molecular weight excluding hydrogens is 320 g/mol. The van der Waals surface area contributed by atoms with Crippen LogP contribution in [0, 0.1) is 5.92 Å². The van der Waals surface area contributed by atoms with Gasteiger partial charge in [0.15, 0.2) is 6.29 Å². The van der Waals surface area contributed by atoms with Crippen molar-refractivity contribution in [3.8, 4) is 0 Å². The van der Waals surface area contributed by atoms with Crippen LogP contribution in [-0.2, 0) is 9.47 Å². The number of aliphatic hydroxyl groups is 1. The molecule has 1 saturated heterocycles. The minimum atomic E-state index is -0.536. The zero-order valence-corrected chi connectivity index (χ0v) is 15.4. The van der Waals surface area contributed by atoms with Crippen LogP contribution in [0.2, 0.25) is 0 Å². The third-order valence-electron chi connectivity index (χ3n) is 5.99. The van der Waals surface area contributed by atoms with Gasteiger partial charge in [-0.05, 0) is 64.5 Å². The van der Waals surface area contributed by atoms with Crippen molar-refractivity contribution in [2.75, 3.05) is 20.1 Å². The Kier molecular flexibility index (Phi) is 7.08. The first-order valence-corrected chi connectivity index (χ1v) is 9.93. The Labute approximate surface area is 151 Å². The lowest BCUT2D eigenvalue weighted by atomic mass is 9.81. The van der Waals surface area contributed by atoms with Gasteiger partial charge in [0.1, 0.15) is 6.10 Å². The molecule has 0 aromatic heterocycles. The first kappa shape index (κ1) is 19.5. The lowest BCUT2D eigenvalue weighted by Crippen LogP contribution is -2.56. The summed E-state index contributed by atoms with van der Waals surface area (Å²) >= 11 is 0. The number of hydrogen-bond donors (Lipinski definition) is 5. The average Bonchev–Trinajstić information content (AvgIpc) is 2.56. The van der Waals surface area contributed by atoms with Crippen LogP contribution >= 0.6 is 0 Å². The number of aliphatic hydroxyl groups excluding tert-OH is 1. The second kappa shape index (κ2) is 9.08. The summed E-state index contributed by atoms with van der Waals surface area (Å²) in [5.41, 5.74) is 12.1. The monoisotopic (exact) mass is 356 g/mol. The van der Waals surface area contributed by atoms with Crippen LogP contribution in [0.5, 0.6) is 0 Å². The second-order valence-corrected chi connectivity index (χ2v) is 8.16. The van der Waals surface area contributed by atoms with Crippen molar-refractivity contribution >= 4 is 0 Å². The molecule has 0 amide bonds. The number of hydrogen-bond acceptors (Lipinski definition) is 7. The molecule has 2 saturated carbocycles. The third kappa shape index (κ3) is 5.35. The molecule has 25 heavy (non-hydrogen) atoms. The van der Waals surface area contributed by atoms with Crippen molar-refractivity contribution in [2.24, 2.45) is 17.4 Å². The fourth-order valence-corrected chi connectivity index (χ4v) is 4.39. The fourth-order valence-electron chi connectivity index (χ4n) is 4.39. The highest BCUT2D eigenvalue weighted by atomic mass is 16.7. The van der Waals surface area contributed by atoms with E-state index in [-0.39, 0.29) is 30.6 Å². The van der Waals surface area contributed by atoms with Gasteiger partial charge >= 0.3 is 0 Å². The van der Waals surface area contributed by atoms with Crippen molar-refractivity contribution in [1.29, 1.82) is 0 Å². The van der Waals surface area contributed by atoms with Gasteiger partial charge in [0.05, 0.1) is 12.2 Å². The molecule has 6 atom stereocenters. The van der Waals surface area contributed by atoms with Crippen molar-refractivity contribution < 1.29 is 14.6 Å². The SMILES string of the molecule is CNC1CC(N)[C@@H](O[C@@H]2CCCC(CNCC3CC(N)C3)O2)C(O)C1. The molecule has 3 fully saturated rings. The van der Waals surface area contributed by atoms with Crippen LogP contribution in [0.25, 0.3) is 0 Å². The predicted molar refractivity (Wildman–Crippen MR) is 97.0 cm³/mol. The van der Waals surface area contributed by atoms with Gasteiger partial charge in [0, 0.05) is 24.7 Å². The smallest absolute Gasteiger partial charge is 0.158 e. The Bertz CT molecular complexity index is 396. The van der Waals surface area contributed by atoms with Gasteiger partial charge < -0.3 is 36.7 Å². The molecule has 0 aromatic rings. The van der Waals surface area contributed by atoms with E-state index in [9.17, 15) is 5.11 Å². The molecule has 0 bridgehead atoms. The molecule has 4 unspecified atom stereocenters. The van der Waals surface area contributed by atoms with Gasteiger partial charge in [-0.3, -0.25) is 0 Å². The van der Waals surface area contributed by atoms with Crippen LogP contribution in [0.15, 0.2) is 0 Å². The lowest BCUT2D eigenvalue weighted by Gasteiger charge is -2.41. The number of rotatable bonds is 7. The minimum absolute atomic E-state index is 0.161. The molecule has 2 aliphatic carbocycles. The maximum Gasteiger partial charge on any atom is 0.158 e. The quantitative estimate of drug-likeness (QED) is 0.424. The van der Waals surface area contributed by atoms with E-state index in [2.05, 4.69) is 10.6 Å². The zero-order valence-electron chi connectivity index (χ0n) is 15.4. The summed E-state index contributed by atoms with van der Waals surface area (Å²) in [5, 5.41) is 17.1. The normalized spacial score (nSPS) is 45.1. The van der Waals surface area contributed by atoms with E-state index in [0.29, 0.717) is 12.5 Å². The van der Waals surface area contributed by atoms with Crippen LogP contribution in [0.3, 0.4) is 0 Å². The predicted octanol–water partition coefficient (Wildman–Crippen LogP) is -0.336. The fraction of sp³-hybridized carbons (Fsp3) is 1.00. The van der Waals surface area contributed by atoms with Gasteiger partial charge in [-0.25, -0.2) is 0 Å². The summed E-state index contributed by atoms with van der Waals surface area (Å²) in [6, 6.07) is 0.504. The number of nitrogens with two attached hydrogens (primary N) is 2.